The maximum atomic E-state index is 5.74. The van der Waals surface area contributed by atoms with Crippen LogP contribution in [0.25, 0.3) is 0 Å². The first-order valence-corrected chi connectivity index (χ1v) is 6.02. The Kier molecular flexibility index (Phi) is 6.00. The molecule has 1 atom stereocenters. The minimum absolute atomic E-state index is 0.169. The SMILES string of the molecule is COCC(CCCl)Nc1ccnc(N(C)C)n1. The van der Waals surface area contributed by atoms with Crippen LogP contribution in [0.2, 0.25) is 0 Å². The molecule has 0 aliphatic carbocycles. The summed E-state index contributed by atoms with van der Waals surface area (Å²) in [4.78, 5) is 10.4. The number of nitrogens with one attached hydrogen (secondary N) is 1. The first kappa shape index (κ1) is 14.0. The van der Waals surface area contributed by atoms with E-state index >= 15 is 0 Å². The Hall–Kier alpha value is -1.07. The Balaban J connectivity index is 2.67. The molecule has 0 aliphatic heterocycles. The molecule has 0 fully saturated rings. The Labute approximate surface area is 107 Å². The average molecular weight is 259 g/mol. The molecule has 1 heterocycles. The molecule has 1 rings (SSSR count). The molecule has 0 saturated carbocycles. The largest absolute Gasteiger partial charge is 0.383 e. The van der Waals surface area contributed by atoms with Crippen LogP contribution in [0.3, 0.4) is 0 Å². The van der Waals surface area contributed by atoms with Crippen LogP contribution < -0.4 is 10.2 Å². The number of methoxy groups -OCH3 is 1. The second kappa shape index (κ2) is 7.29. The van der Waals surface area contributed by atoms with E-state index in [0.29, 0.717) is 18.4 Å². The fourth-order valence-electron chi connectivity index (χ4n) is 1.38. The first-order chi connectivity index (χ1) is 8.17. The second-order valence-corrected chi connectivity index (χ2v) is 4.29. The third-order valence-electron chi connectivity index (χ3n) is 2.22. The van der Waals surface area contributed by atoms with Crippen LogP contribution in [0.15, 0.2) is 12.3 Å². The smallest absolute Gasteiger partial charge is 0.226 e. The van der Waals surface area contributed by atoms with E-state index in [9.17, 15) is 0 Å². The number of aromatic nitrogens is 2. The van der Waals surface area contributed by atoms with Crippen molar-refractivity contribution < 1.29 is 4.74 Å². The molecule has 0 spiro atoms. The molecule has 0 bridgehead atoms. The normalized spacial score (nSPS) is 12.2. The minimum Gasteiger partial charge on any atom is -0.383 e. The summed E-state index contributed by atoms with van der Waals surface area (Å²) in [5, 5.41) is 3.29. The van der Waals surface area contributed by atoms with E-state index in [2.05, 4.69) is 15.3 Å². The molecule has 0 saturated heterocycles. The number of nitrogens with zero attached hydrogens (tertiary/aromatic N) is 3. The van der Waals surface area contributed by atoms with Gasteiger partial charge in [0.25, 0.3) is 0 Å². The monoisotopic (exact) mass is 258 g/mol. The van der Waals surface area contributed by atoms with Gasteiger partial charge < -0.3 is 15.0 Å². The van der Waals surface area contributed by atoms with Crippen molar-refractivity contribution >= 4 is 23.4 Å². The zero-order chi connectivity index (χ0) is 12.7. The van der Waals surface area contributed by atoms with E-state index in [4.69, 9.17) is 16.3 Å². The molecule has 17 heavy (non-hydrogen) atoms. The van der Waals surface area contributed by atoms with Crippen LogP contribution >= 0.6 is 11.6 Å². The number of rotatable bonds is 7. The van der Waals surface area contributed by atoms with Gasteiger partial charge in [-0.1, -0.05) is 0 Å². The Morgan fingerprint density at radius 2 is 2.29 bits per heavy atom. The number of ether oxygens (including phenoxy) is 1. The van der Waals surface area contributed by atoms with Crippen molar-refractivity contribution in [2.75, 3.05) is 43.9 Å². The summed E-state index contributed by atoms with van der Waals surface area (Å²) in [5.41, 5.74) is 0. The van der Waals surface area contributed by atoms with Gasteiger partial charge in [0.15, 0.2) is 0 Å². The lowest BCUT2D eigenvalue weighted by molar-refractivity contribution is 0.184. The van der Waals surface area contributed by atoms with Crippen LogP contribution in [0, 0.1) is 0 Å². The molecule has 1 unspecified atom stereocenters. The van der Waals surface area contributed by atoms with Crippen molar-refractivity contribution in [2.45, 2.75) is 12.5 Å². The topological polar surface area (TPSA) is 50.3 Å². The highest BCUT2D eigenvalue weighted by Gasteiger charge is 2.09. The summed E-state index contributed by atoms with van der Waals surface area (Å²) in [6, 6.07) is 2.01. The highest BCUT2D eigenvalue weighted by Crippen LogP contribution is 2.10. The number of anilines is 2. The van der Waals surface area contributed by atoms with E-state index in [1.807, 2.05) is 25.1 Å². The maximum Gasteiger partial charge on any atom is 0.226 e. The van der Waals surface area contributed by atoms with Crippen LogP contribution in [-0.4, -0.2) is 49.7 Å². The summed E-state index contributed by atoms with van der Waals surface area (Å²) < 4.78 is 5.13. The lowest BCUT2D eigenvalue weighted by Crippen LogP contribution is -2.26. The zero-order valence-corrected chi connectivity index (χ0v) is 11.2. The van der Waals surface area contributed by atoms with Crippen LogP contribution in [0.4, 0.5) is 11.8 Å². The molecule has 1 aromatic heterocycles. The average Bonchev–Trinajstić information content (AvgIpc) is 2.30. The first-order valence-electron chi connectivity index (χ1n) is 5.49. The third kappa shape index (κ3) is 4.75. The quantitative estimate of drug-likeness (QED) is 0.753. The zero-order valence-electron chi connectivity index (χ0n) is 10.5. The Morgan fingerprint density at radius 1 is 1.53 bits per heavy atom. The molecule has 1 aromatic rings. The third-order valence-corrected chi connectivity index (χ3v) is 2.44. The molecule has 0 aromatic carbocycles. The molecule has 5 nitrogen and oxygen atoms in total. The predicted octanol–water partition coefficient (Wildman–Crippen LogP) is 1.60. The highest BCUT2D eigenvalue weighted by molar-refractivity contribution is 6.17. The van der Waals surface area contributed by atoms with Gasteiger partial charge >= 0.3 is 0 Å². The number of halogens is 1. The molecule has 96 valence electrons. The van der Waals surface area contributed by atoms with Gasteiger partial charge in [0.2, 0.25) is 5.95 Å². The van der Waals surface area contributed by atoms with Crippen LogP contribution in [0.5, 0.6) is 0 Å². The van der Waals surface area contributed by atoms with Crippen molar-refractivity contribution in [1.29, 1.82) is 0 Å². The van der Waals surface area contributed by atoms with Crippen LogP contribution in [0.1, 0.15) is 6.42 Å². The highest BCUT2D eigenvalue weighted by atomic mass is 35.5. The minimum atomic E-state index is 0.169. The molecule has 0 radical (unpaired) electrons. The maximum absolute atomic E-state index is 5.74. The second-order valence-electron chi connectivity index (χ2n) is 3.91. The molecule has 0 aliphatic rings. The molecule has 0 amide bonds. The van der Waals surface area contributed by atoms with Gasteiger partial charge in [-0.15, -0.1) is 11.6 Å². The van der Waals surface area contributed by atoms with Gasteiger partial charge in [-0.3, -0.25) is 0 Å². The van der Waals surface area contributed by atoms with Gasteiger partial charge in [-0.05, 0) is 12.5 Å². The lowest BCUT2D eigenvalue weighted by Gasteiger charge is -2.18. The van der Waals surface area contributed by atoms with Crippen molar-refractivity contribution in [2.24, 2.45) is 0 Å². The summed E-state index contributed by atoms with van der Waals surface area (Å²) in [6.45, 7) is 0.605. The fourth-order valence-corrected chi connectivity index (χ4v) is 1.65. The van der Waals surface area contributed by atoms with Gasteiger partial charge in [-0.25, -0.2) is 4.98 Å². The standard InChI is InChI=1S/C11H19ClN4O/c1-16(2)11-13-7-5-10(15-11)14-9(4-6-12)8-17-3/h5,7,9H,4,6,8H2,1-3H3,(H,13,14,15). The predicted molar refractivity (Wildman–Crippen MR) is 71.0 cm³/mol. The molecular formula is C11H19ClN4O. The summed E-state index contributed by atoms with van der Waals surface area (Å²) in [7, 11) is 5.49. The molecule has 6 heteroatoms. The number of hydrogen-bond acceptors (Lipinski definition) is 5. The van der Waals surface area contributed by atoms with E-state index in [-0.39, 0.29) is 6.04 Å². The van der Waals surface area contributed by atoms with E-state index < -0.39 is 0 Å². The summed E-state index contributed by atoms with van der Waals surface area (Å²) >= 11 is 5.74. The van der Waals surface area contributed by atoms with Gasteiger partial charge in [0.1, 0.15) is 5.82 Å². The molecule has 1 N–H and O–H groups in total. The van der Waals surface area contributed by atoms with Crippen molar-refractivity contribution in [3.63, 3.8) is 0 Å². The van der Waals surface area contributed by atoms with Crippen LogP contribution in [-0.2, 0) is 4.74 Å². The van der Waals surface area contributed by atoms with Gasteiger partial charge in [-0.2, -0.15) is 4.98 Å². The van der Waals surface area contributed by atoms with E-state index in [1.54, 1.807) is 13.3 Å². The summed E-state index contributed by atoms with van der Waals surface area (Å²) in [6.07, 6.45) is 2.56. The summed E-state index contributed by atoms with van der Waals surface area (Å²) in [5.74, 6) is 2.06. The van der Waals surface area contributed by atoms with Crippen molar-refractivity contribution in [1.82, 2.24) is 9.97 Å². The number of hydrogen-bond donors (Lipinski definition) is 1. The lowest BCUT2D eigenvalue weighted by atomic mass is 10.2. The molecular weight excluding hydrogens is 240 g/mol. The van der Waals surface area contributed by atoms with Gasteiger partial charge in [0.05, 0.1) is 12.6 Å². The van der Waals surface area contributed by atoms with E-state index in [0.717, 1.165) is 12.2 Å². The van der Waals surface area contributed by atoms with E-state index in [1.165, 1.54) is 0 Å². The fraction of sp³-hybridized carbons (Fsp3) is 0.636. The van der Waals surface area contributed by atoms with Crippen molar-refractivity contribution in [3.05, 3.63) is 12.3 Å². The Bertz CT molecular complexity index is 329. The number of alkyl halides is 1. The van der Waals surface area contributed by atoms with Crippen molar-refractivity contribution in [3.8, 4) is 0 Å². The van der Waals surface area contributed by atoms with Gasteiger partial charge in [0, 0.05) is 33.3 Å². The Morgan fingerprint density at radius 3 is 2.88 bits per heavy atom.